The van der Waals surface area contributed by atoms with E-state index in [0.717, 1.165) is 0 Å². The average Bonchev–Trinajstić information content (AvgIpc) is 2.64. The molecule has 0 fully saturated rings. The second kappa shape index (κ2) is 4.56. The molecule has 0 saturated heterocycles. The summed E-state index contributed by atoms with van der Waals surface area (Å²) in [5.74, 6) is -0.450. The van der Waals surface area contributed by atoms with Crippen molar-refractivity contribution in [3.8, 4) is 11.5 Å². The number of hydrogen-bond donors (Lipinski definition) is 0. The van der Waals surface area contributed by atoms with E-state index in [-0.39, 0.29) is 11.3 Å². The molecular weight excluding hydrogens is 240 g/mol. The van der Waals surface area contributed by atoms with Gasteiger partial charge in [0.25, 0.3) is 6.29 Å². The summed E-state index contributed by atoms with van der Waals surface area (Å²) in [5.41, 5.74) is 0.677. The molecule has 0 aromatic heterocycles. The molecule has 1 aliphatic rings. The lowest BCUT2D eigenvalue weighted by Crippen LogP contribution is -2.07. The fourth-order valence-electron chi connectivity index (χ4n) is 1.81. The van der Waals surface area contributed by atoms with Crippen LogP contribution in [0.5, 0.6) is 11.5 Å². The molecule has 0 saturated carbocycles. The highest BCUT2D eigenvalue weighted by molar-refractivity contribution is 5.98. The molecule has 0 amide bonds. The van der Waals surface area contributed by atoms with Gasteiger partial charge in [-0.15, -0.1) is 0 Å². The second-order valence-electron chi connectivity index (χ2n) is 3.61. The zero-order valence-electron chi connectivity index (χ0n) is 10.2. The van der Waals surface area contributed by atoms with E-state index in [1.807, 2.05) is 0 Å². The van der Waals surface area contributed by atoms with Gasteiger partial charge in [-0.1, -0.05) is 0 Å². The van der Waals surface area contributed by atoms with E-state index < -0.39 is 18.2 Å². The Morgan fingerprint density at radius 1 is 1.28 bits per heavy atom. The Labute approximate surface area is 103 Å². The molecule has 18 heavy (non-hydrogen) atoms. The van der Waals surface area contributed by atoms with Gasteiger partial charge < -0.3 is 18.9 Å². The van der Waals surface area contributed by atoms with E-state index in [4.69, 9.17) is 18.9 Å². The third-order valence-electron chi connectivity index (χ3n) is 2.52. The number of rotatable bonds is 3. The summed E-state index contributed by atoms with van der Waals surface area (Å²) in [4.78, 5) is 22.7. The quantitative estimate of drug-likeness (QED) is 0.758. The lowest BCUT2D eigenvalue weighted by atomic mass is 10.1. The summed E-state index contributed by atoms with van der Waals surface area (Å²) in [6.07, 6.45) is -1.02. The van der Waals surface area contributed by atoms with E-state index in [9.17, 15) is 9.59 Å². The highest BCUT2D eigenvalue weighted by atomic mass is 16.7. The molecule has 96 valence electrons. The maximum absolute atomic E-state index is 11.8. The lowest BCUT2D eigenvalue weighted by molar-refractivity contribution is -0.164. The molecule has 1 aliphatic heterocycles. The molecule has 1 heterocycles. The monoisotopic (exact) mass is 252 g/mol. The first-order valence-electron chi connectivity index (χ1n) is 5.21. The first-order valence-corrected chi connectivity index (χ1v) is 5.21. The Kier molecular flexibility index (Phi) is 3.10. The Bertz CT molecular complexity index is 508. The van der Waals surface area contributed by atoms with Gasteiger partial charge in [-0.05, 0) is 12.1 Å². The summed E-state index contributed by atoms with van der Waals surface area (Å²) in [6.45, 7) is 1.24. The van der Waals surface area contributed by atoms with Gasteiger partial charge in [-0.3, -0.25) is 4.79 Å². The molecule has 0 radical (unpaired) electrons. The van der Waals surface area contributed by atoms with Crippen LogP contribution in [0.2, 0.25) is 0 Å². The van der Waals surface area contributed by atoms with E-state index >= 15 is 0 Å². The minimum absolute atomic E-state index is 0.225. The number of esters is 2. The van der Waals surface area contributed by atoms with Gasteiger partial charge in [-0.25, -0.2) is 4.79 Å². The fourth-order valence-corrected chi connectivity index (χ4v) is 1.81. The summed E-state index contributed by atoms with van der Waals surface area (Å²) in [7, 11) is 2.89. The topological polar surface area (TPSA) is 71.1 Å². The Balaban J connectivity index is 2.50. The largest absolute Gasteiger partial charge is 0.493 e. The number of carbonyl (C=O) groups is 2. The fraction of sp³-hybridized carbons (Fsp3) is 0.333. The molecule has 1 aromatic rings. The van der Waals surface area contributed by atoms with Gasteiger partial charge in [0.15, 0.2) is 11.5 Å². The Morgan fingerprint density at radius 3 is 2.56 bits per heavy atom. The van der Waals surface area contributed by atoms with Crippen LogP contribution in [0.3, 0.4) is 0 Å². The van der Waals surface area contributed by atoms with E-state index in [2.05, 4.69) is 0 Å². The summed E-state index contributed by atoms with van der Waals surface area (Å²) in [6, 6.07) is 3.23. The molecule has 0 N–H and O–H groups in total. The highest BCUT2D eigenvalue weighted by Crippen LogP contribution is 2.42. The number of fused-ring (bicyclic) bond motifs is 1. The maximum Gasteiger partial charge on any atom is 0.346 e. The van der Waals surface area contributed by atoms with Crippen molar-refractivity contribution in [3.05, 3.63) is 23.3 Å². The SMILES string of the molecule is COc1ccc2c(c1OC)C(=O)OC2OC(C)=O. The van der Waals surface area contributed by atoms with Crippen molar-refractivity contribution in [1.82, 2.24) is 0 Å². The predicted molar refractivity (Wildman–Crippen MR) is 59.5 cm³/mol. The van der Waals surface area contributed by atoms with Crippen LogP contribution in [0.1, 0.15) is 29.1 Å². The number of methoxy groups -OCH3 is 2. The molecule has 1 aromatic carbocycles. The van der Waals surface area contributed by atoms with Crippen LogP contribution < -0.4 is 9.47 Å². The van der Waals surface area contributed by atoms with Crippen molar-refractivity contribution in [2.75, 3.05) is 14.2 Å². The molecule has 2 rings (SSSR count). The lowest BCUT2D eigenvalue weighted by Gasteiger charge is -2.11. The molecule has 1 unspecified atom stereocenters. The van der Waals surface area contributed by atoms with Crippen LogP contribution in [0.15, 0.2) is 12.1 Å². The van der Waals surface area contributed by atoms with Crippen LogP contribution in [-0.2, 0) is 14.3 Å². The van der Waals surface area contributed by atoms with Crippen molar-refractivity contribution < 1.29 is 28.5 Å². The van der Waals surface area contributed by atoms with Gasteiger partial charge in [0.05, 0.1) is 19.8 Å². The number of ether oxygens (including phenoxy) is 4. The zero-order chi connectivity index (χ0) is 13.3. The van der Waals surface area contributed by atoms with Gasteiger partial charge in [-0.2, -0.15) is 0 Å². The van der Waals surface area contributed by atoms with Crippen LogP contribution >= 0.6 is 0 Å². The molecule has 0 aliphatic carbocycles. The molecule has 6 heteroatoms. The van der Waals surface area contributed by atoms with Crippen LogP contribution in [0.25, 0.3) is 0 Å². The number of carbonyl (C=O) groups excluding carboxylic acids is 2. The standard InChI is InChI=1S/C12H12O6/c1-6(13)17-12-7-4-5-8(15-2)10(16-3)9(7)11(14)18-12/h4-5,12H,1-3H3. The van der Waals surface area contributed by atoms with Crippen molar-refractivity contribution >= 4 is 11.9 Å². The van der Waals surface area contributed by atoms with Crippen molar-refractivity contribution in [2.24, 2.45) is 0 Å². The molecule has 0 bridgehead atoms. The Morgan fingerprint density at radius 2 is 2.00 bits per heavy atom. The van der Waals surface area contributed by atoms with Crippen molar-refractivity contribution in [3.63, 3.8) is 0 Å². The highest BCUT2D eigenvalue weighted by Gasteiger charge is 2.37. The molecular formula is C12H12O6. The third-order valence-corrected chi connectivity index (χ3v) is 2.52. The first-order chi connectivity index (χ1) is 8.58. The number of hydrogen-bond acceptors (Lipinski definition) is 6. The minimum Gasteiger partial charge on any atom is -0.493 e. The van der Waals surface area contributed by atoms with Gasteiger partial charge >= 0.3 is 11.9 Å². The van der Waals surface area contributed by atoms with Gasteiger partial charge in [0, 0.05) is 6.92 Å². The average molecular weight is 252 g/mol. The number of cyclic esters (lactones) is 1. The first kappa shape index (κ1) is 12.2. The smallest absolute Gasteiger partial charge is 0.346 e. The maximum atomic E-state index is 11.8. The third kappa shape index (κ3) is 1.85. The summed E-state index contributed by atoms with van der Waals surface area (Å²) in [5, 5.41) is 0. The van der Waals surface area contributed by atoms with E-state index in [0.29, 0.717) is 11.3 Å². The van der Waals surface area contributed by atoms with Crippen LogP contribution in [0, 0.1) is 0 Å². The second-order valence-corrected chi connectivity index (χ2v) is 3.61. The Hall–Kier alpha value is -2.24. The van der Waals surface area contributed by atoms with E-state index in [1.165, 1.54) is 21.1 Å². The minimum atomic E-state index is -1.02. The number of benzene rings is 1. The van der Waals surface area contributed by atoms with Crippen molar-refractivity contribution in [1.29, 1.82) is 0 Å². The summed E-state index contributed by atoms with van der Waals surface area (Å²) < 4.78 is 20.1. The van der Waals surface area contributed by atoms with Crippen LogP contribution in [-0.4, -0.2) is 26.2 Å². The van der Waals surface area contributed by atoms with Crippen molar-refractivity contribution in [2.45, 2.75) is 13.2 Å². The predicted octanol–water partition coefficient (Wildman–Crippen LogP) is 1.44. The van der Waals surface area contributed by atoms with Crippen LogP contribution in [0.4, 0.5) is 0 Å². The van der Waals surface area contributed by atoms with E-state index in [1.54, 1.807) is 12.1 Å². The molecule has 1 atom stereocenters. The molecule has 0 spiro atoms. The van der Waals surface area contributed by atoms with Gasteiger partial charge in [0.2, 0.25) is 0 Å². The molecule has 6 nitrogen and oxygen atoms in total. The normalized spacial score (nSPS) is 16.8. The zero-order valence-corrected chi connectivity index (χ0v) is 10.2. The van der Waals surface area contributed by atoms with Gasteiger partial charge in [0.1, 0.15) is 5.56 Å². The summed E-state index contributed by atoms with van der Waals surface area (Å²) >= 11 is 0.